The Bertz CT molecular complexity index is 498. The molecule has 110 valence electrons. The quantitative estimate of drug-likeness (QED) is 0.907. The Morgan fingerprint density at radius 1 is 1.40 bits per heavy atom. The van der Waals surface area contributed by atoms with Gasteiger partial charge in [-0.05, 0) is 19.5 Å². The molecule has 2 rings (SSSR count). The molecule has 1 aromatic rings. The summed E-state index contributed by atoms with van der Waals surface area (Å²) in [4.78, 5) is 14.0. The molecule has 0 bridgehead atoms. The second kappa shape index (κ2) is 6.54. The maximum Gasteiger partial charge on any atom is 0.236 e. The van der Waals surface area contributed by atoms with Crippen molar-refractivity contribution in [2.75, 3.05) is 20.1 Å². The lowest BCUT2D eigenvalue weighted by Gasteiger charge is -2.24. The summed E-state index contributed by atoms with van der Waals surface area (Å²) in [5, 5.41) is 2.46. The molecule has 6 heteroatoms. The summed E-state index contributed by atoms with van der Waals surface area (Å²) in [6.45, 7) is 3.09. The topological polar surface area (TPSA) is 32.3 Å². The number of halogens is 2. The minimum Gasteiger partial charge on any atom is -0.324 e. The minimum absolute atomic E-state index is 0.0291. The van der Waals surface area contributed by atoms with Gasteiger partial charge in [-0.25, -0.2) is 8.78 Å². The third-order valence-electron chi connectivity index (χ3n) is 3.34. The zero-order chi connectivity index (χ0) is 14.7. The van der Waals surface area contributed by atoms with Gasteiger partial charge in [0.25, 0.3) is 0 Å². The van der Waals surface area contributed by atoms with Crippen molar-refractivity contribution < 1.29 is 13.6 Å². The van der Waals surface area contributed by atoms with E-state index in [1.165, 1.54) is 23.9 Å². The van der Waals surface area contributed by atoms with E-state index >= 15 is 0 Å². The largest absolute Gasteiger partial charge is 0.324 e. The van der Waals surface area contributed by atoms with Gasteiger partial charge < -0.3 is 10.2 Å². The fraction of sp³-hybridized carbons (Fsp3) is 0.500. The number of rotatable bonds is 5. The van der Waals surface area contributed by atoms with Crippen LogP contribution in [0.2, 0.25) is 0 Å². The molecule has 1 aromatic carbocycles. The molecule has 0 unspecified atom stereocenters. The van der Waals surface area contributed by atoms with Crippen molar-refractivity contribution in [3.8, 4) is 0 Å². The molecule has 0 aliphatic carbocycles. The van der Waals surface area contributed by atoms with Crippen LogP contribution in [0.3, 0.4) is 0 Å². The van der Waals surface area contributed by atoms with Crippen LogP contribution in [-0.4, -0.2) is 36.2 Å². The monoisotopic (exact) mass is 300 g/mol. The maximum atomic E-state index is 13.9. The summed E-state index contributed by atoms with van der Waals surface area (Å²) >= 11 is 1.44. The van der Waals surface area contributed by atoms with E-state index in [0.29, 0.717) is 25.1 Å². The first-order chi connectivity index (χ1) is 9.58. The lowest BCUT2D eigenvalue weighted by atomic mass is 10.1. The Labute approximate surface area is 121 Å². The first kappa shape index (κ1) is 15.3. The van der Waals surface area contributed by atoms with Gasteiger partial charge in [0.05, 0.1) is 5.25 Å². The van der Waals surface area contributed by atoms with Gasteiger partial charge in [0.1, 0.15) is 17.0 Å². The summed E-state index contributed by atoms with van der Waals surface area (Å²) in [7, 11) is 1.80. The Balaban J connectivity index is 2.29. The molecular weight excluding hydrogens is 282 g/mol. The predicted octanol–water partition coefficient (Wildman–Crippen LogP) is 2.54. The van der Waals surface area contributed by atoms with Crippen LogP contribution in [0, 0.1) is 11.6 Å². The van der Waals surface area contributed by atoms with E-state index in [4.69, 9.17) is 0 Å². The number of carbonyl (C=O) groups is 1. The van der Waals surface area contributed by atoms with E-state index in [1.807, 2.05) is 6.92 Å². The molecule has 1 saturated heterocycles. The van der Waals surface area contributed by atoms with Gasteiger partial charge in [0, 0.05) is 24.7 Å². The van der Waals surface area contributed by atoms with Crippen molar-refractivity contribution in [1.82, 2.24) is 10.2 Å². The predicted molar refractivity (Wildman–Crippen MR) is 76.4 cm³/mol. The highest BCUT2D eigenvalue weighted by atomic mass is 32.2. The van der Waals surface area contributed by atoms with Gasteiger partial charge in [-0.15, -0.1) is 11.8 Å². The Hall–Kier alpha value is -1.14. The molecular formula is C14H18F2N2OS. The Morgan fingerprint density at radius 2 is 2.15 bits per heavy atom. The smallest absolute Gasteiger partial charge is 0.236 e. The van der Waals surface area contributed by atoms with Gasteiger partial charge in [0.15, 0.2) is 0 Å². The number of likely N-dealkylation sites (N-methyl/N-ethyl adjacent to an activating group) is 1. The standard InChI is InChI=1S/C14H18F2N2OS/c1-3-12-13(19)18(7-6-17-2)14(20-12)10-5-4-9(15)8-11(10)16/h4-5,8,12,14,17H,3,6-7H2,1-2H3/t12-,14-/m1/s1. The van der Waals surface area contributed by atoms with Crippen molar-refractivity contribution in [1.29, 1.82) is 0 Å². The molecule has 0 aromatic heterocycles. The number of benzene rings is 1. The van der Waals surface area contributed by atoms with Crippen LogP contribution in [-0.2, 0) is 4.79 Å². The van der Waals surface area contributed by atoms with E-state index < -0.39 is 11.6 Å². The highest BCUT2D eigenvalue weighted by molar-refractivity contribution is 8.01. The fourth-order valence-electron chi connectivity index (χ4n) is 2.26. The zero-order valence-electron chi connectivity index (χ0n) is 11.5. The number of hydrogen-bond donors (Lipinski definition) is 1. The van der Waals surface area contributed by atoms with Gasteiger partial charge >= 0.3 is 0 Å². The number of nitrogens with zero attached hydrogens (tertiary/aromatic N) is 1. The molecule has 1 aliphatic rings. The van der Waals surface area contributed by atoms with Crippen molar-refractivity contribution in [3.63, 3.8) is 0 Å². The molecule has 0 radical (unpaired) electrons. The van der Waals surface area contributed by atoms with Crippen LogP contribution in [0.5, 0.6) is 0 Å². The van der Waals surface area contributed by atoms with E-state index in [9.17, 15) is 13.6 Å². The zero-order valence-corrected chi connectivity index (χ0v) is 12.3. The second-order valence-electron chi connectivity index (χ2n) is 4.69. The number of hydrogen-bond acceptors (Lipinski definition) is 3. The number of amides is 1. The van der Waals surface area contributed by atoms with E-state index in [0.717, 1.165) is 6.07 Å². The van der Waals surface area contributed by atoms with E-state index in [-0.39, 0.29) is 16.5 Å². The number of nitrogens with one attached hydrogen (secondary N) is 1. The highest BCUT2D eigenvalue weighted by Crippen LogP contribution is 2.44. The lowest BCUT2D eigenvalue weighted by Crippen LogP contribution is -2.36. The summed E-state index contributed by atoms with van der Waals surface area (Å²) in [5.74, 6) is -1.17. The normalized spacial score (nSPS) is 22.6. The van der Waals surface area contributed by atoms with Gasteiger partial charge in [-0.1, -0.05) is 13.0 Å². The molecule has 1 aliphatic heterocycles. The number of carbonyl (C=O) groups excluding carboxylic acids is 1. The molecule has 1 heterocycles. The molecule has 3 nitrogen and oxygen atoms in total. The first-order valence-corrected chi connectivity index (χ1v) is 7.58. The van der Waals surface area contributed by atoms with Crippen LogP contribution < -0.4 is 5.32 Å². The molecule has 20 heavy (non-hydrogen) atoms. The summed E-state index contributed by atoms with van der Waals surface area (Å²) in [6, 6.07) is 3.54. The SMILES string of the molecule is CC[C@H]1S[C@H](c2ccc(F)cc2F)N(CCNC)C1=O. The first-order valence-electron chi connectivity index (χ1n) is 6.64. The van der Waals surface area contributed by atoms with Crippen LogP contribution in [0.4, 0.5) is 8.78 Å². The van der Waals surface area contributed by atoms with E-state index in [2.05, 4.69) is 5.32 Å². The van der Waals surface area contributed by atoms with Gasteiger partial charge in [-0.2, -0.15) is 0 Å². The molecule has 1 N–H and O–H groups in total. The summed E-state index contributed by atoms with van der Waals surface area (Å²) < 4.78 is 27.0. The molecule has 0 spiro atoms. The lowest BCUT2D eigenvalue weighted by molar-refractivity contribution is -0.130. The maximum absolute atomic E-state index is 13.9. The van der Waals surface area contributed by atoms with Crippen LogP contribution in [0.25, 0.3) is 0 Å². The Morgan fingerprint density at radius 3 is 2.75 bits per heavy atom. The van der Waals surface area contributed by atoms with E-state index in [1.54, 1.807) is 11.9 Å². The third-order valence-corrected chi connectivity index (χ3v) is 4.97. The van der Waals surface area contributed by atoms with Crippen LogP contribution in [0.15, 0.2) is 18.2 Å². The highest BCUT2D eigenvalue weighted by Gasteiger charge is 2.40. The van der Waals surface area contributed by atoms with Crippen LogP contribution >= 0.6 is 11.8 Å². The van der Waals surface area contributed by atoms with Crippen molar-refractivity contribution >= 4 is 17.7 Å². The minimum atomic E-state index is -0.602. The third kappa shape index (κ3) is 2.96. The molecule has 1 fully saturated rings. The summed E-state index contributed by atoms with van der Waals surface area (Å²) in [5.41, 5.74) is 0.372. The Kier molecular flexibility index (Phi) is 4.99. The fourth-order valence-corrected chi connectivity index (χ4v) is 3.71. The second-order valence-corrected chi connectivity index (χ2v) is 5.97. The molecule has 2 atom stereocenters. The van der Waals surface area contributed by atoms with Gasteiger partial charge in [0.2, 0.25) is 5.91 Å². The van der Waals surface area contributed by atoms with Crippen molar-refractivity contribution in [3.05, 3.63) is 35.4 Å². The van der Waals surface area contributed by atoms with Crippen molar-refractivity contribution in [2.24, 2.45) is 0 Å². The average Bonchev–Trinajstić information content (AvgIpc) is 2.73. The van der Waals surface area contributed by atoms with Crippen molar-refractivity contribution in [2.45, 2.75) is 24.0 Å². The van der Waals surface area contributed by atoms with Crippen LogP contribution in [0.1, 0.15) is 24.3 Å². The van der Waals surface area contributed by atoms with Gasteiger partial charge in [-0.3, -0.25) is 4.79 Å². The average molecular weight is 300 g/mol. The molecule has 1 amide bonds. The molecule has 0 saturated carbocycles. The number of thioether (sulfide) groups is 1. The summed E-state index contributed by atoms with van der Waals surface area (Å²) in [6.07, 6.45) is 0.707.